The lowest BCUT2D eigenvalue weighted by Crippen LogP contribution is -2.53. The molecule has 0 spiro atoms. The van der Waals surface area contributed by atoms with E-state index in [1.165, 1.54) is 30.3 Å². The Labute approximate surface area is 170 Å². The Hall–Kier alpha value is -2.16. The van der Waals surface area contributed by atoms with Crippen molar-refractivity contribution in [2.75, 3.05) is 11.3 Å². The summed E-state index contributed by atoms with van der Waals surface area (Å²) in [6, 6.07) is 10.7. The third kappa shape index (κ3) is 5.01. The van der Waals surface area contributed by atoms with Gasteiger partial charge in [-0.1, -0.05) is 6.07 Å². The van der Waals surface area contributed by atoms with Crippen molar-refractivity contribution in [2.45, 2.75) is 30.2 Å². The van der Waals surface area contributed by atoms with Crippen molar-refractivity contribution >= 4 is 34.0 Å². The molecule has 2 aromatic rings. The van der Waals surface area contributed by atoms with E-state index in [1.807, 2.05) is 6.92 Å². The van der Waals surface area contributed by atoms with Gasteiger partial charge in [0.1, 0.15) is 5.82 Å². The molecule has 1 amide bonds. The number of sulfonamides is 1. The SMILES string of the molecule is CC(CN)(NC(=O)c1cccc(S(=O)(=O)Nc2ccc(F)cc2)c1)C1CC1.Cl. The van der Waals surface area contributed by atoms with Gasteiger partial charge in [0, 0.05) is 17.8 Å². The number of hydrogen-bond acceptors (Lipinski definition) is 4. The minimum absolute atomic E-state index is 0. The van der Waals surface area contributed by atoms with Gasteiger partial charge in [0.05, 0.1) is 10.4 Å². The molecular weight excluding hydrogens is 405 g/mol. The lowest BCUT2D eigenvalue weighted by atomic mass is 9.95. The van der Waals surface area contributed by atoms with Crippen LogP contribution in [0, 0.1) is 11.7 Å². The lowest BCUT2D eigenvalue weighted by Gasteiger charge is -2.29. The van der Waals surface area contributed by atoms with Crippen LogP contribution in [0.4, 0.5) is 10.1 Å². The number of hydrogen-bond donors (Lipinski definition) is 3. The second-order valence-corrected chi connectivity index (χ2v) is 8.67. The number of halogens is 2. The zero-order chi connectivity index (χ0) is 19.7. The Bertz CT molecular complexity index is 949. The van der Waals surface area contributed by atoms with E-state index < -0.39 is 21.4 Å². The van der Waals surface area contributed by atoms with Gasteiger partial charge in [-0.2, -0.15) is 0 Å². The molecule has 1 atom stereocenters. The van der Waals surface area contributed by atoms with Crippen molar-refractivity contribution in [1.82, 2.24) is 5.32 Å². The summed E-state index contributed by atoms with van der Waals surface area (Å²) in [5.74, 6) is -0.484. The summed E-state index contributed by atoms with van der Waals surface area (Å²) in [6.45, 7) is 2.22. The number of anilines is 1. The van der Waals surface area contributed by atoms with Gasteiger partial charge in [0.15, 0.2) is 0 Å². The third-order valence-corrected chi connectivity index (χ3v) is 6.18. The van der Waals surface area contributed by atoms with Crippen molar-refractivity contribution in [3.05, 3.63) is 59.9 Å². The highest BCUT2D eigenvalue weighted by molar-refractivity contribution is 7.92. The Kier molecular flexibility index (Phi) is 6.69. The summed E-state index contributed by atoms with van der Waals surface area (Å²) in [5, 5.41) is 2.94. The molecule has 1 saturated carbocycles. The molecule has 0 saturated heterocycles. The van der Waals surface area contributed by atoms with E-state index in [9.17, 15) is 17.6 Å². The maximum atomic E-state index is 13.0. The average Bonchev–Trinajstić information content (AvgIpc) is 3.49. The molecule has 1 aliphatic rings. The molecule has 3 rings (SSSR count). The Morgan fingerprint density at radius 3 is 2.43 bits per heavy atom. The zero-order valence-corrected chi connectivity index (χ0v) is 16.9. The molecule has 2 aromatic carbocycles. The molecule has 6 nitrogen and oxygen atoms in total. The van der Waals surface area contributed by atoms with Gasteiger partial charge < -0.3 is 11.1 Å². The predicted octanol–water partition coefficient (Wildman–Crippen LogP) is 2.91. The minimum atomic E-state index is -3.91. The van der Waals surface area contributed by atoms with Crippen LogP contribution in [0.15, 0.2) is 53.4 Å². The van der Waals surface area contributed by atoms with Crippen LogP contribution < -0.4 is 15.8 Å². The summed E-state index contributed by atoms with van der Waals surface area (Å²) in [6.07, 6.45) is 2.04. The Balaban J connectivity index is 0.00000280. The minimum Gasteiger partial charge on any atom is -0.345 e. The predicted molar refractivity (Wildman–Crippen MR) is 109 cm³/mol. The monoisotopic (exact) mass is 427 g/mol. The van der Waals surface area contributed by atoms with E-state index >= 15 is 0 Å². The van der Waals surface area contributed by atoms with E-state index in [2.05, 4.69) is 10.0 Å². The highest BCUT2D eigenvalue weighted by atomic mass is 35.5. The van der Waals surface area contributed by atoms with Crippen LogP contribution >= 0.6 is 12.4 Å². The number of nitrogens with two attached hydrogens (primary N) is 1. The molecule has 0 heterocycles. The van der Waals surface area contributed by atoms with Crippen LogP contribution in [0.3, 0.4) is 0 Å². The van der Waals surface area contributed by atoms with Crippen LogP contribution in [0.5, 0.6) is 0 Å². The molecule has 0 bridgehead atoms. The maximum Gasteiger partial charge on any atom is 0.261 e. The van der Waals surface area contributed by atoms with Gasteiger partial charge in [-0.05, 0) is 68.1 Å². The maximum absolute atomic E-state index is 13.0. The first-order chi connectivity index (χ1) is 12.7. The van der Waals surface area contributed by atoms with E-state index in [0.717, 1.165) is 25.0 Å². The molecule has 152 valence electrons. The van der Waals surface area contributed by atoms with Crippen molar-refractivity contribution in [3.63, 3.8) is 0 Å². The van der Waals surface area contributed by atoms with Crippen molar-refractivity contribution in [2.24, 2.45) is 11.7 Å². The molecule has 4 N–H and O–H groups in total. The number of carbonyl (C=O) groups is 1. The molecule has 1 fully saturated rings. The van der Waals surface area contributed by atoms with E-state index in [0.29, 0.717) is 12.5 Å². The van der Waals surface area contributed by atoms with E-state index in [4.69, 9.17) is 5.73 Å². The number of nitrogens with one attached hydrogen (secondary N) is 2. The van der Waals surface area contributed by atoms with Crippen LogP contribution in [-0.4, -0.2) is 26.4 Å². The van der Waals surface area contributed by atoms with Gasteiger partial charge in [-0.25, -0.2) is 12.8 Å². The molecule has 1 aliphatic carbocycles. The third-order valence-electron chi connectivity index (χ3n) is 4.80. The average molecular weight is 428 g/mol. The second kappa shape index (κ2) is 8.46. The van der Waals surface area contributed by atoms with Gasteiger partial charge in [0.2, 0.25) is 0 Å². The first-order valence-corrected chi connectivity index (χ1v) is 10.1. The second-order valence-electron chi connectivity index (χ2n) is 6.99. The molecule has 0 aromatic heterocycles. The standard InChI is InChI=1S/C19H22FN3O3S.ClH/c1-19(12-21,14-5-6-14)22-18(24)13-3-2-4-17(11-13)27(25,26)23-16-9-7-15(20)8-10-16;/h2-4,7-11,14,23H,5-6,12,21H2,1H3,(H,22,24);1H. The molecule has 0 aliphatic heterocycles. The number of carbonyl (C=O) groups excluding carboxylic acids is 1. The van der Waals surface area contributed by atoms with Gasteiger partial charge in [0.25, 0.3) is 15.9 Å². The summed E-state index contributed by atoms with van der Waals surface area (Å²) in [7, 11) is -3.91. The molecule has 1 unspecified atom stereocenters. The first kappa shape index (κ1) is 22.1. The van der Waals surface area contributed by atoms with E-state index in [-0.39, 0.29) is 34.5 Å². The normalized spacial score (nSPS) is 15.8. The van der Waals surface area contributed by atoms with Crippen LogP contribution in [-0.2, 0) is 10.0 Å². The Morgan fingerprint density at radius 2 is 1.86 bits per heavy atom. The first-order valence-electron chi connectivity index (χ1n) is 8.64. The largest absolute Gasteiger partial charge is 0.345 e. The fourth-order valence-corrected chi connectivity index (χ4v) is 4.01. The highest BCUT2D eigenvalue weighted by Crippen LogP contribution is 2.39. The molecule has 0 radical (unpaired) electrons. The smallest absolute Gasteiger partial charge is 0.261 e. The molecule has 9 heteroatoms. The molecule has 28 heavy (non-hydrogen) atoms. The van der Waals surface area contributed by atoms with Crippen LogP contribution in [0.2, 0.25) is 0 Å². The van der Waals surface area contributed by atoms with Crippen LogP contribution in [0.1, 0.15) is 30.1 Å². The summed E-state index contributed by atoms with van der Waals surface area (Å²) in [5.41, 5.74) is 5.79. The van der Waals surface area contributed by atoms with Crippen molar-refractivity contribution in [1.29, 1.82) is 0 Å². The zero-order valence-electron chi connectivity index (χ0n) is 15.3. The fraction of sp³-hybridized carbons (Fsp3) is 0.316. The molecular formula is C19H23ClFN3O3S. The van der Waals surface area contributed by atoms with E-state index in [1.54, 1.807) is 6.07 Å². The number of benzene rings is 2. The number of rotatable bonds is 7. The lowest BCUT2D eigenvalue weighted by molar-refractivity contribution is 0.0897. The quantitative estimate of drug-likeness (QED) is 0.632. The van der Waals surface area contributed by atoms with Crippen molar-refractivity contribution in [3.8, 4) is 0 Å². The fourth-order valence-electron chi connectivity index (χ4n) is 2.91. The van der Waals surface area contributed by atoms with Crippen LogP contribution in [0.25, 0.3) is 0 Å². The summed E-state index contributed by atoms with van der Waals surface area (Å²) >= 11 is 0. The summed E-state index contributed by atoms with van der Waals surface area (Å²) in [4.78, 5) is 12.5. The summed E-state index contributed by atoms with van der Waals surface area (Å²) < 4.78 is 40.5. The highest BCUT2D eigenvalue weighted by Gasteiger charge is 2.41. The number of amides is 1. The van der Waals surface area contributed by atoms with Gasteiger partial charge >= 0.3 is 0 Å². The van der Waals surface area contributed by atoms with Crippen molar-refractivity contribution < 1.29 is 17.6 Å². The van der Waals surface area contributed by atoms with Gasteiger partial charge in [-0.3, -0.25) is 9.52 Å². The van der Waals surface area contributed by atoms with Gasteiger partial charge in [-0.15, -0.1) is 12.4 Å². The Morgan fingerprint density at radius 1 is 1.21 bits per heavy atom. The topological polar surface area (TPSA) is 101 Å².